The molecule has 0 radical (unpaired) electrons. The minimum Gasteiger partial charge on any atom is -0.461 e. The molecule has 7 aromatic heterocycles. The summed E-state index contributed by atoms with van der Waals surface area (Å²) in [6.45, 7) is 7.00. The second-order valence-electron chi connectivity index (χ2n) is 20.4. The van der Waals surface area contributed by atoms with E-state index in [4.69, 9.17) is 62.2 Å². The molecule has 9 aromatic rings. The maximum Gasteiger partial charge on any atom is 0.308 e. The van der Waals surface area contributed by atoms with E-state index in [0.29, 0.717) is 64.4 Å². The standard InChI is InChI=1S/C59H52ClN13O12S6/c1-25(42(19-60)84-28(4)75)44-58-70-41(24-90-58)56-66-37(20-87-56)46-33(15-16-34(63-46)55-67-38(21-88-55)49(62)78)54-68-39(22-86-54)52(81)65-36(18-43(61)77)57-73-45(26(2)91-57)53(82)72-47(48(85-29(5)76)31-9-7-6-8-10-31)59-69-40(23-89-59)51(80)64-35(50(79)71-44)17-30-11-13-32(14-12-30)83-27(3)74/h6-16,20-25,35-36,42,44,47-48H,17-19H2,1-5H3,(H2,61,77)(H2,62,78)(H,64,80)(H,65,81)(H,71,79)(H,72,82)/t25-,35-,36-,42-,44-,47-,48+/m0/s1. The van der Waals surface area contributed by atoms with E-state index < -0.39 is 102 Å². The van der Waals surface area contributed by atoms with Crippen LogP contribution in [-0.2, 0) is 39.9 Å². The number of hydrogen-bond donors (Lipinski definition) is 6. The van der Waals surface area contributed by atoms with Crippen LogP contribution < -0.4 is 37.5 Å². The number of nitrogens with two attached hydrogens (primary N) is 2. The number of nitrogens with one attached hydrogen (secondary N) is 4. The van der Waals surface area contributed by atoms with Crippen molar-refractivity contribution in [1.82, 2.24) is 56.2 Å². The number of amides is 6. The summed E-state index contributed by atoms with van der Waals surface area (Å²) in [6.07, 6.45) is -2.80. The number of aromatic nitrogens is 7. The Morgan fingerprint density at radius 1 is 0.582 bits per heavy atom. The molecule has 1 aliphatic heterocycles. The third kappa shape index (κ3) is 15.4. The van der Waals surface area contributed by atoms with Crippen molar-refractivity contribution in [2.45, 2.75) is 83.8 Å². The molecule has 468 valence electrons. The lowest BCUT2D eigenvalue weighted by Crippen LogP contribution is -2.50. The molecule has 25 nitrogen and oxygen atoms in total. The van der Waals surface area contributed by atoms with Gasteiger partial charge in [0.1, 0.15) is 93.8 Å². The van der Waals surface area contributed by atoms with E-state index in [1.807, 2.05) is 0 Å². The zero-order valence-electron chi connectivity index (χ0n) is 48.4. The van der Waals surface area contributed by atoms with Crippen molar-refractivity contribution in [2.24, 2.45) is 17.4 Å². The molecule has 0 saturated carbocycles. The molecule has 8 heterocycles. The number of rotatable bonds is 14. The lowest BCUT2D eigenvalue weighted by molar-refractivity contribution is -0.149. The third-order valence-corrected chi connectivity index (χ3v) is 19.6. The first-order chi connectivity index (χ1) is 43.6. The van der Waals surface area contributed by atoms with Crippen LogP contribution in [-0.4, -0.2) is 106 Å². The first kappa shape index (κ1) is 64.9. The molecule has 1 aliphatic rings. The van der Waals surface area contributed by atoms with Crippen LogP contribution in [0.25, 0.3) is 43.4 Å². The molecule has 6 amide bonds. The molecule has 91 heavy (non-hydrogen) atoms. The van der Waals surface area contributed by atoms with Gasteiger partial charge in [-0.1, -0.05) is 49.4 Å². The van der Waals surface area contributed by atoms with Crippen molar-refractivity contribution < 1.29 is 57.4 Å². The van der Waals surface area contributed by atoms with Gasteiger partial charge in [0, 0.05) is 70.5 Å². The van der Waals surface area contributed by atoms with Crippen LogP contribution in [0.5, 0.6) is 5.75 Å². The van der Waals surface area contributed by atoms with Crippen LogP contribution in [0.15, 0.2) is 93.6 Å². The van der Waals surface area contributed by atoms with Crippen molar-refractivity contribution in [3.8, 4) is 49.1 Å². The van der Waals surface area contributed by atoms with Crippen LogP contribution >= 0.6 is 79.6 Å². The fourth-order valence-corrected chi connectivity index (χ4v) is 15.1. The quantitative estimate of drug-likeness (QED) is 0.0339. The summed E-state index contributed by atoms with van der Waals surface area (Å²) in [7, 11) is 0. The van der Waals surface area contributed by atoms with Crippen LogP contribution in [0, 0.1) is 12.8 Å². The largest absolute Gasteiger partial charge is 0.461 e. The highest BCUT2D eigenvalue weighted by molar-refractivity contribution is 7.15. The van der Waals surface area contributed by atoms with E-state index >= 15 is 4.79 Å². The Bertz CT molecular complexity index is 4260. The van der Waals surface area contributed by atoms with Crippen molar-refractivity contribution in [2.75, 3.05) is 5.88 Å². The number of primary amides is 2. The Balaban J connectivity index is 1.11. The average Bonchev–Trinajstić information content (AvgIpc) is 1.78. The van der Waals surface area contributed by atoms with Gasteiger partial charge in [0.05, 0.1) is 30.1 Å². The predicted octanol–water partition coefficient (Wildman–Crippen LogP) is 8.26. The zero-order chi connectivity index (χ0) is 64.8. The van der Waals surface area contributed by atoms with Gasteiger partial charge in [-0.15, -0.1) is 79.6 Å². The smallest absolute Gasteiger partial charge is 0.308 e. The first-order valence-corrected chi connectivity index (χ1v) is 33.2. The summed E-state index contributed by atoms with van der Waals surface area (Å²) >= 11 is 13.1. The number of alkyl halides is 1. The Labute approximate surface area is 546 Å². The summed E-state index contributed by atoms with van der Waals surface area (Å²) in [5.74, 6) is -7.23. The van der Waals surface area contributed by atoms with Crippen molar-refractivity contribution in [1.29, 1.82) is 0 Å². The van der Waals surface area contributed by atoms with Crippen molar-refractivity contribution in [3.63, 3.8) is 0 Å². The molecule has 7 atom stereocenters. The van der Waals surface area contributed by atoms with E-state index in [9.17, 15) is 38.4 Å². The highest BCUT2D eigenvalue weighted by Crippen LogP contribution is 2.40. The van der Waals surface area contributed by atoms with E-state index in [0.717, 1.165) is 56.7 Å². The number of carbonyl (C=O) groups is 9. The summed E-state index contributed by atoms with van der Waals surface area (Å²) in [4.78, 5) is 155. The van der Waals surface area contributed by atoms with E-state index in [2.05, 4.69) is 31.2 Å². The van der Waals surface area contributed by atoms with Gasteiger partial charge in [0.15, 0.2) is 6.10 Å². The minimum absolute atomic E-state index is 0.0344. The number of hydrogen-bond acceptors (Lipinski definition) is 25. The number of halogens is 1. The number of carbonyl (C=O) groups excluding carboxylic acids is 9. The fourth-order valence-electron chi connectivity index (χ4n) is 9.47. The van der Waals surface area contributed by atoms with Gasteiger partial charge in [-0.05, 0) is 42.3 Å². The normalized spacial score (nSPS) is 17.2. The highest BCUT2D eigenvalue weighted by atomic mass is 35.5. The molecule has 0 spiro atoms. The Kier molecular flexibility index (Phi) is 20.2. The molecule has 0 aliphatic carbocycles. The Hall–Kier alpha value is -9.11. The molecule has 8 N–H and O–H groups in total. The average molecular weight is 1360 g/mol. The monoisotopic (exact) mass is 1360 g/mol. The van der Waals surface area contributed by atoms with Gasteiger partial charge in [-0.25, -0.2) is 34.9 Å². The second-order valence-corrected chi connectivity index (χ2v) is 26.3. The lowest BCUT2D eigenvalue weighted by atomic mass is 9.95. The number of nitrogens with zero attached hydrogens (tertiary/aromatic N) is 7. The number of esters is 3. The molecule has 0 saturated heterocycles. The van der Waals surface area contributed by atoms with Gasteiger partial charge in [-0.2, -0.15) is 0 Å². The number of benzene rings is 2. The van der Waals surface area contributed by atoms with Gasteiger partial charge in [0.25, 0.3) is 23.6 Å². The van der Waals surface area contributed by atoms with E-state index in [1.54, 1.807) is 79.2 Å². The molecular formula is C59H52ClN13O12S6. The predicted molar refractivity (Wildman–Crippen MR) is 340 cm³/mol. The number of thiazole rings is 6. The third-order valence-electron chi connectivity index (χ3n) is 13.8. The van der Waals surface area contributed by atoms with Gasteiger partial charge in [0.2, 0.25) is 11.8 Å². The molecular weight excluding hydrogens is 1310 g/mol. The zero-order valence-corrected chi connectivity index (χ0v) is 54.1. The van der Waals surface area contributed by atoms with Crippen LogP contribution in [0.1, 0.15) is 131 Å². The van der Waals surface area contributed by atoms with Crippen LogP contribution in [0.4, 0.5) is 0 Å². The summed E-state index contributed by atoms with van der Waals surface area (Å²) < 4.78 is 16.9. The van der Waals surface area contributed by atoms with Gasteiger partial charge in [-0.3, -0.25) is 43.2 Å². The Morgan fingerprint density at radius 2 is 1.20 bits per heavy atom. The highest BCUT2D eigenvalue weighted by Gasteiger charge is 2.38. The maximum absolute atomic E-state index is 15.2. The number of fused-ring (bicyclic) bond motifs is 14. The topological polar surface area (TPSA) is 372 Å². The van der Waals surface area contributed by atoms with E-state index in [1.165, 1.54) is 60.4 Å². The number of ether oxygens (including phenoxy) is 3. The SMILES string of the molecule is CC(=O)Oc1ccc(C[C@@H]2NC(=O)c3csc(n3)[C@H]([C@H](OC(C)=O)c3ccccc3)NC(=O)c3nc(sc3C)[C@H](CC(N)=O)NC(=O)c3csc(n3)-c3ccc(-c4nc(C(N)=O)cs4)nc3-c3csc(n3)-c3csc(n3)[C@H]([C@@H](C)[C@H](CCl)OC(C)=O)NC2=O)cc1. The molecule has 10 bridgehead atoms. The lowest BCUT2D eigenvalue weighted by Gasteiger charge is -2.30. The van der Waals surface area contributed by atoms with Crippen LogP contribution in [0.2, 0.25) is 0 Å². The summed E-state index contributed by atoms with van der Waals surface area (Å²) in [6, 6.07) is 13.3. The van der Waals surface area contributed by atoms with Crippen LogP contribution in [0.3, 0.4) is 0 Å². The summed E-state index contributed by atoms with van der Waals surface area (Å²) in [5, 5.41) is 21.2. The molecule has 10 rings (SSSR count). The number of pyridine rings is 1. The van der Waals surface area contributed by atoms with Gasteiger partial charge < -0.3 is 46.9 Å². The number of aryl methyl sites for hydroxylation is 1. The molecule has 2 aromatic carbocycles. The second kappa shape index (κ2) is 28.4. The molecule has 32 heteroatoms. The van der Waals surface area contributed by atoms with E-state index in [-0.39, 0.29) is 50.8 Å². The maximum atomic E-state index is 15.2. The molecule has 0 unspecified atom stereocenters. The first-order valence-electron chi connectivity index (χ1n) is 27.4. The summed E-state index contributed by atoms with van der Waals surface area (Å²) in [5.41, 5.74) is 13.7. The van der Waals surface area contributed by atoms with Crippen molar-refractivity contribution >= 4 is 133 Å². The van der Waals surface area contributed by atoms with Crippen molar-refractivity contribution in [3.05, 3.63) is 147 Å². The van der Waals surface area contributed by atoms with Gasteiger partial charge >= 0.3 is 17.9 Å². The minimum atomic E-state index is -1.39. The Morgan fingerprint density at radius 3 is 1.87 bits per heavy atom. The molecule has 0 fully saturated rings. The fraction of sp³-hybridized carbons (Fsp3) is 0.254.